The van der Waals surface area contributed by atoms with Crippen LogP contribution < -0.4 is 0 Å². The number of nitrogens with zero attached hydrogens (tertiary/aromatic N) is 2. The van der Waals surface area contributed by atoms with Gasteiger partial charge in [0.15, 0.2) is 0 Å². The van der Waals surface area contributed by atoms with Gasteiger partial charge in [0.2, 0.25) is 0 Å². The van der Waals surface area contributed by atoms with Crippen molar-refractivity contribution in [3.8, 4) is 0 Å². The van der Waals surface area contributed by atoms with Crippen LogP contribution in [0.3, 0.4) is 0 Å². The summed E-state index contributed by atoms with van der Waals surface area (Å²) >= 11 is 0. The van der Waals surface area contributed by atoms with Crippen molar-refractivity contribution in [2.45, 2.75) is 32.2 Å². The molecular weight excluding hydrogens is 228 g/mol. The summed E-state index contributed by atoms with van der Waals surface area (Å²) in [6.45, 7) is 0.867. The van der Waals surface area contributed by atoms with Gasteiger partial charge in [-0.2, -0.15) is 0 Å². The zero-order valence-corrected chi connectivity index (χ0v) is 10.2. The highest BCUT2D eigenvalue weighted by Crippen LogP contribution is 2.30. The summed E-state index contributed by atoms with van der Waals surface area (Å²) in [6, 6.07) is 5.25. The molecule has 1 aliphatic rings. The van der Waals surface area contributed by atoms with E-state index in [0.717, 1.165) is 29.9 Å². The van der Waals surface area contributed by atoms with Crippen LogP contribution in [0, 0.1) is 5.92 Å². The van der Waals surface area contributed by atoms with Gasteiger partial charge in [-0.25, -0.2) is 9.78 Å². The summed E-state index contributed by atoms with van der Waals surface area (Å²) in [5.74, 6) is -0.0644. The molecule has 94 valence electrons. The van der Waals surface area contributed by atoms with Gasteiger partial charge in [-0.3, -0.25) is 0 Å². The molecule has 0 amide bonds. The fourth-order valence-electron chi connectivity index (χ4n) is 2.57. The first kappa shape index (κ1) is 11.3. The van der Waals surface area contributed by atoms with Crippen LogP contribution >= 0.6 is 0 Å². The lowest BCUT2D eigenvalue weighted by Crippen LogP contribution is -2.14. The molecule has 1 fully saturated rings. The van der Waals surface area contributed by atoms with Crippen LogP contribution in [0.15, 0.2) is 24.5 Å². The van der Waals surface area contributed by atoms with Crippen molar-refractivity contribution in [1.82, 2.24) is 9.55 Å². The van der Waals surface area contributed by atoms with Crippen molar-refractivity contribution in [3.05, 3.63) is 30.1 Å². The number of para-hydroxylation sites is 1. The molecule has 0 aliphatic heterocycles. The summed E-state index contributed by atoms with van der Waals surface area (Å²) in [5, 5.41) is 9.22. The number of aryl methyl sites for hydroxylation is 1. The standard InChI is InChI=1S/C14H16N2O2/c17-14(18)11-5-2-6-12-13(11)16(9-15-12)8-7-10-3-1-4-10/h2,5-6,9-10H,1,3-4,7-8H2,(H,17,18). The predicted octanol–water partition coefficient (Wildman–Crippen LogP) is 2.92. The first-order chi connectivity index (χ1) is 8.75. The number of aromatic nitrogens is 2. The molecule has 0 saturated heterocycles. The molecule has 1 aromatic carbocycles. The summed E-state index contributed by atoms with van der Waals surface area (Å²) in [7, 11) is 0. The number of hydrogen-bond donors (Lipinski definition) is 1. The Labute approximate surface area is 105 Å². The molecule has 0 atom stereocenters. The molecule has 0 unspecified atom stereocenters. The predicted molar refractivity (Wildman–Crippen MR) is 68.7 cm³/mol. The third-order valence-corrected chi connectivity index (χ3v) is 3.87. The van der Waals surface area contributed by atoms with Crippen LogP contribution in [-0.4, -0.2) is 20.6 Å². The molecule has 2 aromatic rings. The lowest BCUT2D eigenvalue weighted by atomic mass is 9.83. The zero-order chi connectivity index (χ0) is 12.5. The molecule has 0 bridgehead atoms. The van der Waals surface area contributed by atoms with Crippen molar-refractivity contribution >= 4 is 17.0 Å². The average molecular weight is 244 g/mol. The molecule has 0 spiro atoms. The molecule has 1 aromatic heterocycles. The Hall–Kier alpha value is -1.84. The third kappa shape index (κ3) is 1.88. The molecule has 18 heavy (non-hydrogen) atoms. The van der Waals surface area contributed by atoms with Gasteiger partial charge in [0.25, 0.3) is 0 Å². The Kier molecular flexibility index (Phi) is 2.78. The number of imidazole rings is 1. The van der Waals surface area contributed by atoms with E-state index in [-0.39, 0.29) is 0 Å². The summed E-state index contributed by atoms with van der Waals surface area (Å²) in [6.07, 6.45) is 6.86. The highest BCUT2D eigenvalue weighted by Gasteiger charge is 2.18. The van der Waals surface area contributed by atoms with E-state index in [1.165, 1.54) is 19.3 Å². The van der Waals surface area contributed by atoms with Crippen molar-refractivity contribution in [2.24, 2.45) is 5.92 Å². The molecule has 4 nitrogen and oxygen atoms in total. The first-order valence-electron chi connectivity index (χ1n) is 6.43. The first-order valence-corrected chi connectivity index (χ1v) is 6.43. The Morgan fingerprint density at radius 3 is 2.94 bits per heavy atom. The monoisotopic (exact) mass is 244 g/mol. The van der Waals surface area contributed by atoms with E-state index in [4.69, 9.17) is 0 Å². The maximum atomic E-state index is 11.2. The average Bonchev–Trinajstić information content (AvgIpc) is 2.70. The fourth-order valence-corrected chi connectivity index (χ4v) is 2.57. The summed E-state index contributed by atoms with van der Waals surface area (Å²) in [5.41, 5.74) is 1.87. The minimum Gasteiger partial charge on any atom is -0.478 e. The molecule has 3 rings (SSSR count). The Balaban J connectivity index is 1.93. The number of fused-ring (bicyclic) bond motifs is 1. The maximum absolute atomic E-state index is 11.2. The van der Waals surface area contributed by atoms with Gasteiger partial charge in [-0.1, -0.05) is 25.3 Å². The molecule has 1 aliphatic carbocycles. The number of aromatic carboxylic acids is 1. The fraction of sp³-hybridized carbons (Fsp3) is 0.429. The van der Waals surface area contributed by atoms with E-state index in [0.29, 0.717) is 5.56 Å². The Bertz CT molecular complexity index is 584. The van der Waals surface area contributed by atoms with Crippen LogP contribution in [0.5, 0.6) is 0 Å². The van der Waals surface area contributed by atoms with Crippen LogP contribution in [0.25, 0.3) is 11.0 Å². The van der Waals surface area contributed by atoms with Gasteiger partial charge < -0.3 is 9.67 Å². The number of carboxylic acids is 1. The van der Waals surface area contributed by atoms with Gasteiger partial charge >= 0.3 is 5.97 Å². The van der Waals surface area contributed by atoms with Gasteiger partial charge in [-0.05, 0) is 24.5 Å². The number of hydrogen-bond acceptors (Lipinski definition) is 2. The van der Waals surface area contributed by atoms with E-state index in [1.807, 2.05) is 10.6 Å². The normalized spacial score (nSPS) is 15.8. The quantitative estimate of drug-likeness (QED) is 0.899. The van der Waals surface area contributed by atoms with Crippen LogP contribution in [0.2, 0.25) is 0 Å². The molecule has 1 saturated carbocycles. The molecular formula is C14H16N2O2. The smallest absolute Gasteiger partial charge is 0.337 e. The minimum absolute atomic E-state index is 0.346. The SMILES string of the molecule is O=C(O)c1cccc2ncn(CCC3CCC3)c12. The van der Waals surface area contributed by atoms with Crippen molar-refractivity contribution < 1.29 is 9.90 Å². The van der Waals surface area contributed by atoms with Crippen LogP contribution in [0.1, 0.15) is 36.0 Å². The molecule has 1 heterocycles. The van der Waals surface area contributed by atoms with Crippen molar-refractivity contribution in [1.29, 1.82) is 0 Å². The number of benzene rings is 1. The summed E-state index contributed by atoms with van der Waals surface area (Å²) < 4.78 is 1.98. The van der Waals surface area contributed by atoms with Crippen LogP contribution in [0.4, 0.5) is 0 Å². The van der Waals surface area contributed by atoms with Gasteiger partial charge in [-0.15, -0.1) is 0 Å². The van der Waals surface area contributed by atoms with E-state index < -0.39 is 5.97 Å². The highest BCUT2D eigenvalue weighted by atomic mass is 16.4. The zero-order valence-electron chi connectivity index (χ0n) is 10.2. The molecule has 4 heteroatoms. The second kappa shape index (κ2) is 4.44. The minimum atomic E-state index is -0.883. The topological polar surface area (TPSA) is 55.1 Å². The number of carbonyl (C=O) groups is 1. The Morgan fingerprint density at radius 1 is 1.44 bits per heavy atom. The van der Waals surface area contributed by atoms with E-state index in [1.54, 1.807) is 18.5 Å². The number of rotatable bonds is 4. The third-order valence-electron chi connectivity index (χ3n) is 3.87. The lowest BCUT2D eigenvalue weighted by molar-refractivity contribution is 0.0698. The maximum Gasteiger partial charge on any atom is 0.337 e. The lowest BCUT2D eigenvalue weighted by Gasteiger charge is -2.25. The Morgan fingerprint density at radius 2 is 2.28 bits per heavy atom. The van der Waals surface area contributed by atoms with Crippen molar-refractivity contribution in [2.75, 3.05) is 0 Å². The summed E-state index contributed by atoms with van der Waals surface area (Å²) in [4.78, 5) is 15.5. The van der Waals surface area contributed by atoms with Gasteiger partial charge in [0, 0.05) is 6.54 Å². The van der Waals surface area contributed by atoms with Gasteiger partial charge in [0.1, 0.15) is 0 Å². The van der Waals surface area contributed by atoms with Crippen molar-refractivity contribution in [3.63, 3.8) is 0 Å². The van der Waals surface area contributed by atoms with Gasteiger partial charge in [0.05, 0.1) is 22.9 Å². The largest absolute Gasteiger partial charge is 0.478 e. The highest BCUT2D eigenvalue weighted by molar-refractivity contribution is 6.01. The van der Waals surface area contributed by atoms with E-state index >= 15 is 0 Å². The second-order valence-electron chi connectivity index (χ2n) is 5.00. The molecule has 0 radical (unpaired) electrons. The van der Waals surface area contributed by atoms with Crippen LogP contribution in [-0.2, 0) is 6.54 Å². The second-order valence-corrected chi connectivity index (χ2v) is 5.00. The number of carboxylic acid groups (broad SMARTS) is 1. The van der Waals surface area contributed by atoms with E-state index in [9.17, 15) is 9.90 Å². The molecule has 1 N–H and O–H groups in total. The van der Waals surface area contributed by atoms with E-state index in [2.05, 4.69) is 4.98 Å².